The SMILES string of the molecule is O=C(CCn1nc2ccccn2c1=O)Nc1ccc2ncccc2c1. The second-order valence-corrected chi connectivity index (χ2v) is 5.64. The zero-order valence-corrected chi connectivity index (χ0v) is 13.3. The molecular weight excluding hydrogens is 318 g/mol. The van der Waals surface area contributed by atoms with Crippen molar-refractivity contribution in [2.24, 2.45) is 0 Å². The Morgan fingerprint density at radius 1 is 1.12 bits per heavy atom. The molecule has 1 N–H and O–H groups in total. The first-order valence-corrected chi connectivity index (χ1v) is 7.89. The lowest BCUT2D eigenvalue weighted by Crippen LogP contribution is -2.24. The number of aryl methyl sites for hydroxylation is 1. The van der Waals surface area contributed by atoms with Gasteiger partial charge in [-0.2, -0.15) is 0 Å². The molecule has 0 atom stereocenters. The fraction of sp³-hybridized carbons (Fsp3) is 0.111. The Hall–Kier alpha value is -3.48. The minimum Gasteiger partial charge on any atom is -0.326 e. The molecule has 0 aliphatic heterocycles. The Kier molecular flexibility index (Phi) is 3.74. The lowest BCUT2D eigenvalue weighted by Gasteiger charge is -2.06. The maximum atomic E-state index is 12.2. The molecule has 3 heterocycles. The van der Waals surface area contributed by atoms with Crippen molar-refractivity contribution in [1.29, 1.82) is 0 Å². The molecule has 0 radical (unpaired) electrons. The van der Waals surface area contributed by atoms with Crippen molar-refractivity contribution in [2.75, 3.05) is 5.32 Å². The average Bonchev–Trinajstić information content (AvgIpc) is 2.96. The fourth-order valence-corrected chi connectivity index (χ4v) is 2.70. The van der Waals surface area contributed by atoms with Crippen molar-refractivity contribution in [3.05, 3.63) is 71.4 Å². The van der Waals surface area contributed by atoms with Crippen molar-refractivity contribution in [3.63, 3.8) is 0 Å². The van der Waals surface area contributed by atoms with Gasteiger partial charge in [-0.15, -0.1) is 5.10 Å². The Bertz CT molecular complexity index is 1130. The van der Waals surface area contributed by atoms with E-state index in [1.165, 1.54) is 9.08 Å². The highest BCUT2D eigenvalue weighted by Crippen LogP contribution is 2.17. The van der Waals surface area contributed by atoms with Crippen LogP contribution < -0.4 is 11.0 Å². The third-order valence-corrected chi connectivity index (χ3v) is 3.93. The number of anilines is 1. The molecule has 4 rings (SSSR count). The molecule has 0 unspecified atom stereocenters. The molecule has 25 heavy (non-hydrogen) atoms. The Balaban J connectivity index is 1.46. The smallest absolute Gasteiger partial charge is 0.326 e. The summed E-state index contributed by atoms with van der Waals surface area (Å²) in [5, 5.41) is 8.01. The molecule has 1 aromatic carbocycles. The van der Waals surface area contributed by atoms with Crippen molar-refractivity contribution < 1.29 is 4.79 Å². The number of nitrogens with one attached hydrogen (secondary N) is 1. The van der Waals surface area contributed by atoms with E-state index in [1.807, 2.05) is 36.4 Å². The summed E-state index contributed by atoms with van der Waals surface area (Å²) in [6.45, 7) is 0.224. The van der Waals surface area contributed by atoms with Gasteiger partial charge in [0.2, 0.25) is 5.91 Å². The van der Waals surface area contributed by atoms with Gasteiger partial charge in [-0.3, -0.25) is 14.2 Å². The molecule has 0 saturated carbocycles. The molecule has 0 spiro atoms. The van der Waals surface area contributed by atoms with Crippen molar-refractivity contribution in [1.82, 2.24) is 19.2 Å². The predicted molar refractivity (Wildman–Crippen MR) is 94.4 cm³/mol. The number of fused-ring (bicyclic) bond motifs is 2. The van der Waals surface area contributed by atoms with Crippen LogP contribution in [0.25, 0.3) is 16.6 Å². The van der Waals surface area contributed by atoms with Crippen LogP contribution in [0, 0.1) is 0 Å². The molecule has 0 aliphatic rings. The Morgan fingerprint density at radius 2 is 2.04 bits per heavy atom. The number of aromatic nitrogens is 4. The molecule has 3 aromatic heterocycles. The summed E-state index contributed by atoms with van der Waals surface area (Å²) < 4.78 is 2.76. The molecule has 1 amide bonds. The van der Waals surface area contributed by atoms with Crippen LogP contribution in [0.3, 0.4) is 0 Å². The van der Waals surface area contributed by atoms with Gasteiger partial charge in [-0.05, 0) is 36.4 Å². The van der Waals surface area contributed by atoms with Crippen LogP contribution in [0.1, 0.15) is 6.42 Å². The van der Waals surface area contributed by atoms with E-state index in [0.717, 1.165) is 10.9 Å². The van der Waals surface area contributed by atoms with Crippen LogP contribution >= 0.6 is 0 Å². The third kappa shape index (κ3) is 2.99. The van der Waals surface area contributed by atoms with Crippen molar-refractivity contribution in [2.45, 2.75) is 13.0 Å². The van der Waals surface area contributed by atoms with Crippen LogP contribution in [0.4, 0.5) is 5.69 Å². The minimum absolute atomic E-state index is 0.162. The molecule has 7 heteroatoms. The molecule has 124 valence electrons. The van der Waals surface area contributed by atoms with Gasteiger partial charge in [0.15, 0.2) is 5.65 Å². The quantitative estimate of drug-likeness (QED) is 0.620. The second kappa shape index (κ2) is 6.20. The first-order valence-electron chi connectivity index (χ1n) is 7.89. The van der Waals surface area contributed by atoms with Gasteiger partial charge >= 0.3 is 5.69 Å². The number of nitrogens with zero attached hydrogens (tertiary/aromatic N) is 4. The summed E-state index contributed by atoms with van der Waals surface area (Å²) >= 11 is 0. The average molecular weight is 333 g/mol. The van der Waals surface area contributed by atoms with Gasteiger partial charge in [0.1, 0.15) is 0 Å². The maximum absolute atomic E-state index is 12.2. The minimum atomic E-state index is -0.250. The highest BCUT2D eigenvalue weighted by Gasteiger charge is 2.09. The third-order valence-electron chi connectivity index (χ3n) is 3.93. The van der Waals surface area contributed by atoms with E-state index >= 15 is 0 Å². The monoisotopic (exact) mass is 333 g/mol. The van der Waals surface area contributed by atoms with Gasteiger partial charge in [0.25, 0.3) is 0 Å². The van der Waals surface area contributed by atoms with E-state index in [1.54, 1.807) is 24.5 Å². The predicted octanol–water partition coefficient (Wildman–Crippen LogP) is 2.07. The summed E-state index contributed by atoms with van der Waals surface area (Å²) in [5.41, 5.74) is 1.89. The number of hydrogen-bond donors (Lipinski definition) is 1. The maximum Gasteiger partial charge on any atom is 0.350 e. The van der Waals surface area contributed by atoms with Crippen LogP contribution in [-0.2, 0) is 11.3 Å². The number of rotatable bonds is 4. The standard InChI is InChI=1S/C18H15N5O2/c24-17(20-14-6-7-15-13(12-14)4-3-9-19-15)8-11-23-18(25)22-10-2-1-5-16(22)21-23/h1-7,9-10,12H,8,11H2,(H,20,24). The van der Waals surface area contributed by atoms with Crippen molar-refractivity contribution >= 4 is 28.1 Å². The van der Waals surface area contributed by atoms with E-state index in [-0.39, 0.29) is 24.6 Å². The van der Waals surface area contributed by atoms with Crippen LogP contribution in [0.2, 0.25) is 0 Å². The van der Waals surface area contributed by atoms with Gasteiger partial charge in [0, 0.05) is 29.9 Å². The fourth-order valence-electron chi connectivity index (χ4n) is 2.70. The van der Waals surface area contributed by atoms with Crippen molar-refractivity contribution in [3.8, 4) is 0 Å². The number of amides is 1. The Morgan fingerprint density at radius 3 is 2.92 bits per heavy atom. The number of carbonyl (C=O) groups excluding carboxylic acids is 1. The largest absolute Gasteiger partial charge is 0.350 e. The van der Waals surface area contributed by atoms with Crippen LogP contribution in [-0.4, -0.2) is 25.1 Å². The lowest BCUT2D eigenvalue weighted by atomic mass is 10.2. The van der Waals surface area contributed by atoms with E-state index in [2.05, 4.69) is 15.4 Å². The first-order chi connectivity index (χ1) is 12.2. The Labute approximate surface area is 142 Å². The molecule has 0 fully saturated rings. The number of carbonyl (C=O) groups is 1. The summed E-state index contributed by atoms with van der Waals surface area (Å²) in [5.74, 6) is -0.174. The van der Waals surface area contributed by atoms with Crippen LogP contribution in [0.5, 0.6) is 0 Å². The molecule has 4 aromatic rings. The van der Waals surface area contributed by atoms with E-state index in [4.69, 9.17) is 0 Å². The molecular formula is C18H15N5O2. The number of benzene rings is 1. The number of pyridine rings is 2. The topological polar surface area (TPSA) is 81.3 Å². The summed E-state index contributed by atoms with van der Waals surface area (Å²) in [7, 11) is 0. The van der Waals surface area contributed by atoms with E-state index < -0.39 is 0 Å². The highest BCUT2D eigenvalue weighted by molar-refractivity contribution is 5.93. The molecule has 7 nitrogen and oxygen atoms in total. The summed E-state index contributed by atoms with van der Waals surface area (Å²) in [6.07, 6.45) is 3.55. The van der Waals surface area contributed by atoms with Gasteiger partial charge in [-0.1, -0.05) is 12.1 Å². The van der Waals surface area contributed by atoms with Gasteiger partial charge in [-0.25, -0.2) is 9.48 Å². The molecule has 0 saturated heterocycles. The van der Waals surface area contributed by atoms with Crippen LogP contribution in [0.15, 0.2) is 65.7 Å². The summed E-state index contributed by atoms with van der Waals surface area (Å²) in [6, 6.07) is 14.7. The zero-order chi connectivity index (χ0) is 17.2. The first kappa shape index (κ1) is 15.1. The zero-order valence-electron chi connectivity index (χ0n) is 13.3. The van der Waals surface area contributed by atoms with Gasteiger partial charge in [0.05, 0.1) is 12.1 Å². The highest BCUT2D eigenvalue weighted by atomic mass is 16.2. The normalized spacial score (nSPS) is 11.0. The second-order valence-electron chi connectivity index (χ2n) is 5.64. The van der Waals surface area contributed by atoms with E-state index in [9.17, 15) is 9.59 Å². The van der Waals surface area contributed by atoms with Gasteiger partial charge < -0.3 is 5.32 Å². The molecule has 0 aliphatic carbocycles. The number of hydrogen-bond acceptors (Lipinski definition) is 4. The van der Waals surface area contributed by atoms with E-state index in [0.29, 0.717) is 11.3 Å². The molecule has 0 bridgehead atoms. The summed E-state index contributed by atoms with van der Waals surface area (Å²) in [4.78, 5) is 28.6. The lowest BCUT2D eigenvalue weighted by molar-refractivity contribution is -0.116.